The number of carbonyl (C=O) groups excluding carboxylic acids is 1. The van der Waals surface area contributed by atoms with Crippen LogP contribution in [-0.4, -0.2) is 103 Å². The van der Waals surface area contributed by atoms with E-state index in [1.165, 1.54) is 11.1 Å². The number of ether oxygens (including phenoxy) is 2. The molecule has 2 aromatic heterocycles. The highest BCUT2D eigenvalue weighted by atomic mass is 35.5. The topological polar surface area (TPSA) is 113 Å². The van der Waals surface area contributed by atoms with Crippen LogP contribution in [0.4, 0.5) is 28.8 Å². The van der Waals surface area contributed by atoms with E-state index in [9.17, 15) is 4.79 Å². The zero-order chi connectivity index (χ0) is 31.3. The van der Waals surface area contributed by atoms with Gasteiger partial charge in [-0.3, -0.25) is 9.69 Å². The number of likely N-dealkylation sites (N-methyl/N-ethyl adjacent to an activating group) is 1. The first-order valence-electron chi connectivity index (χ1n) is 15.0. The molecule has 4 aromatic rings. The maximum absolute atomic E-state index is 12.3. The summed E-state index contributed by atoms with van der Waals surface area (Å²) in [5.41, 5.74) is 5.92. The van der Waals surface area contributed by atoms with E-state index in [0.717, 1.165) is 61.8 Å². The maximum Gasteiger partial charge on any atom is 0.236 e. The molecule has 0 aliphatic carbocycles. The molecule has 0 spiro atoms. The molecule has 236 valence electrons. The smallest absolute Gasteiger partial charge is 0.236 e. The number of anilines is 5. The van der Waals surface area contributed by atoms with E-state index in [1.807, 2.05) is 23.0 Å². The third kappa shape index (κ3) is 7.14. The Morgan fingerprint density at radius 3 is 2.53 bits per heavy atom. The Hall–Kier alpha value is -4.39. The van der Waals surface area contributed by atoms with E-state index in [4.69, 9.17) is 26.1 Å². The molecule has 6 rings (SSSR count). The SMILES string of the molecule is COc1cc2c(cc1Nc1ncc(Cl)c(Nc3ccc(N4CCOCC4)cc3-n3cccn3)n1)CCN(CC(=O)N(C)C)CC2. The number of nitrogens with one attached hydrogen (secondary N) is 2. The number of carbonyl (C=O) groups is 1. The molecule has 1 amide bonds. The number of aromatic nitrogens is 4. The van der Waals surface area contributed by atoms with Gasteiger partial charge in [0.1, 0.15) is 10.8 Å². The van der Waals surface area contributed by atoms with Gasteiger partial charge in [0.25, 0.3) is 0 Å². The molecule has 0 saturated carbocycles. The van der Waals surface area contributed by atoms with Gasteiger partial charge in [0.15, 0.2) is 5.82 Å². The largest absolute Gasteiger partial charge is 0.495 e. The molecule has 0 unspecified atom stereocenters. The number of methoxy groups -OCH3 is 1. The second kappa shape index (κ2) is 13.7. The lowest BCUT2D eigenvalue weighted by Gasteiger charge is -2.29. The molecular formula is C32H38ClN9O3. The minimum absolute atomic E-state index is 0.106. The molecule has 1 saturated heterocycles. The summed E-state index contributed by atoms with van der Waals surface area (Å²) >= 11 is 6.60. The lowest BCUT2D eigenvalue weighted by Crippen LogP contribution is -2.37. The highest BCUT2D eigenvalue weighted by Crippen LogP contribution is 2.34. The molecule has 1 fully saturated rings. The molecule has 2 aromatic carbocycles. The average Bonchev–Trinajstić information content (AvgIpc) is 3.52. The lowest BCUT2D eigenvalue weighted by molar-refractivity contribution is -0.129. The Kier molecular flexibility index (Phi) is 9.34. The van der Waals surface area contributed by atoms with Crippen LogP contribution in [0, 0.1) is 0 Å². The van der Waals surface area contributed by atoms with Gasteiger partial charge in [-0.05, 0) is 60.4 Å². The molecule has 2 N–H and O–H groups in total. The van der Waals surface area contributed by atoms with Crippen LogP contribution < -0.4 is 20.3 Å². The Morgan fingerprint density at radius 2 is 1.82 bits per heavy atom. The third-order valence-corrected chi connectivity index (χ3v) is 8.40. The van der Waals surface area contributed by atoms with Crippen molar-refractivity contribution >= 4 is 46.3 Å². The zero-order valence-corrected chi connectivity index (χ0v) is 26.5. The number of hydrogen-bond donors (Lipinski definition) is 2. The summed E-state index contributed by atoms with van der Waals surface area (Å²) in [7, 11) is 5.23. The standard InChI is InChI=1S/C32H38ClN9O3/c1-39(2)30(43)21-40-11-7-22-17-27(29(44-3)18-23(22)8-12-40)37-32-34-20-25(33)31(38-32)36-26-6-5-24(41-13-15-45-16-14-41)19-28(26)42-10-4-9-35-42/h4-6,9-10,17-20H,7-8,11-16,21H2,1-3H3,(H2,34,36,37,38). The lowest BCUT2D eigenvalue weighted by atomic mass is 10.0. The predicted octanol–water partition coefficient (Wildman–Crippen LogP) is 4.14. The van der Waals surface area contributed by atoms with Crippen LogP contribution in [-0.2, 0) is 22.4 Å². The first-order chi connectivity index (χ1) is 21.9. The minimum atomic E-state index is 0.106. The van der Waals surface area contributed by atoms with Crippen LogP contribution in [0.3, 0.4) is 0 Å². The van der Waals surface area contributed by atoms with Crippen molar-refractivity contribution in [2.24, 2.45) is 0 Å². The molecule has 0 atom stereocenters. The molecule has 13 heteroatoms. The average molecular weight is 632 g/mol. The van der Waals surface area contributed by atoms with Crippen molar-refractivity contribution in [2.45, 2.75) is 12.8 Å². The van der Waals surface area contributed by atoms with Crippen LogP contribution in [0.1, 0.15) is 11.1 Å². The Labute approximate surface area is 267 Å². The van der Waals surface area contributed by atoms with Gasteiger partial charge in [0.05, 0.1) is 50.1 Å². The number of halogens is 1. The first kappa shape index (κ1) is 30.6. The van der Waals surface area contributed by atoms with Crippen molar-refractivity contribution in [1.29, 1.82) is 0 Å². The number of hydrogen-bond acceptors (Lipinski definition) is 10. The van der Waals surface area contributed by atoms with E-state index in [0.29, 0.717) is 42.3 Å². The molecule has 0 radical (unpaired) electrons. The van der Waals surface area contributed by atoms with E-state index in [2.05, 4.69) is 54.8 Å². The number of benzene rings is 2. The Morgan fingerprint density at radius 1 is 1.04 bits per heavy atom. The third-order valence-electron chi connectivity index (χ3n) is 8.13. The van der Waals surface area contributed by atoms with Gasteiger partial charge in [-0.15, -0.1) is 0 Å². The van der Waals surface area contributed by atoms with Gasteiger partial charge in [0.2, 0.25) is 11.9 Å². The molecule has 4 heterocycles. The number of rotatable bonds is 9. The number of morpholine rings is 1. The van der Waals surface area contributed by atoms with E-state index >= 15 is 0 Å². The summed E-state index contributed by atoms with van der Waals surface area (Å²) in [6.45, 7) is 5.09. The second-order valence-electron chi connectivity index (χ2n) is 11.3. The number of amides is 1. The zero-order valence-electron chi connectivity index (χ0n) is 25.8. The van der Waals surface area contributed by atoms with Crippen LogP contribution in [0.5, 0.6) is 5.75 Å². The summed E-state index contributed by atoms with van der Waals surface area (Å²) in [6.07, 6.45) is 6.88. The fraction of sp³-hybridized carbons (Fsp3) is 0.375. The van der Waals surface area contributed by atoms with E-state index in [-0.39, 0.29) is 5.91 Å². The first-order valence-corrected chi connectivity index (χ1v) is 15.4. The summed E-state index contributed by atoms with van der Waals surface area (Å²) in [5.74, 6) is 1.63. The van der Waals surface area contributed by atoms with Crippen LogP contribution >= 0.6 is 11.6 Å². The fourth-order valence-electron chi connectivity index (χ4n) is 5.57. The van der Waals surface area contributed by atoms with Crippen molar-refractivity contribution in [1.82, 2.24) is 29.5 Å². The monoisotopic (exact) mass is 631 g/mol. The summed E-state index contributed by atoms with van der Waals surface area (Å²) < 4.78 is 13.1. The van der Waals surface area contributed by atoms with E-state index < -0.39 is 0 Å². The van der Waals surface area contributed by atoms with Crippen molar-refractivity contribution in [2.75, 3.05) is 82.7 Å². The normalized spacial score (nSPS) is 15.2. The van der Waals surface area contributed by atoms with Gasteiger partial charge in [0, 0.05) is 58.4 Å². The Bertz CT molecular complexity index is 1640. The maximum atomic E-state index is 12.3. The molecule has 2 aliphatic rings. The predicted molar refractivity (Wildman–Crippen MR) is 176 cm³/mol. The molecule has 2 aliphatic heterocycles. The van der Waals surface area contributed by atoms with Crippen molar-refractivity contribution in [3.05, 3.63) is 71.1 Å². The van der Waals surface area contributed by atoms with Gasteiger partial charge in [-0.2, -0.15) is 10.1 Å². The van der Waals surface area contributed by atoms with E-state index in [1.54, 1.807) is 38.5 Å². The van der Waals surface area contributed by atoms with Crippen molar-refractivity contribution < 1.29 is 14.3 Å². The summed E-state index contributed by atoms with van der Waals surface area (Å²) in [6, 6.07) is 12.2. The van der Waals surface area contributed by atoms with Gasteiger partial charge in [-0.25, -0.2) is 9.67 Å². The summed E-state index contributed by atoms with van der Waals surface area (Å²) in [5, 5.41) is 11.6. The van der Waals surface area contributed by atoms with Gasteiger partial charge >= 0.3 is 0 Å². The molecular weight excluding hydrogens is 594 g/mol. The number of fused-ring (bicyclic) bond motifs is 1. The molecule has 0 bridgehead atoms. The van der Waals surface area contributed by atoms with Crippen LogP contribution in [0.15, 0.2) is 55.0 Å². The van der Waals surface area contributed by atoms with Crippen LogP contribution in [0.2, 0.25) is 5.02 Å². The second-order valence-corrected chi connectivity index (χ2v) is 11.7. The highest BCUT2D eigenvalue weighted by molar-refractivity contribution is 6.33. The van der Waals surface area contributed by atoms with Crippen LogP contribution in [0.25, 0.3) is 5.69 Å². The minimum Gasteiger partial charge on any atom is -0.495 e. The Balaban J connectivity index is 1.23. The fourth-order valence-corrected chi connectivity index (χ4v) is 5.70. The van der Waals surface area contributed by atoms with Crippen molar-refractivity contribution in [3.63, 3.8) is 0 Å². The van der Waals surface area contributed by atoms with Gasteiger partial charge in [-0.1, -0.05) is 11.6 Å². The molecule has 45 heavy (non-hydrogen) atoms. The molecule has 12 nitrogen and oxygen atoms in total. The van der Waals surface area contributed by atoms with Crippen molar-refractivity contribution in [3.8, 4) is 11.4 Å². The highest BCUT2D eigenvalue weighted by Gasteiger charge is 2.21. The quantitative estimate of drug-likeness (QED) is 0.280. The number of nitrogens with zero attached hydrogens (tertiary/aromatic N) is 7. The summed E-state index contributed by atoms with van der Waals surface area (Å²) in [4.78, 5) is 27.6. The van der Waals surface area contributed by atoms with Gasteiger partial charge < -0.3 is 29.9 Å².